The molecular formula is C20H35N5OS. The summed E-state index contributed by atoms with van der Waals surface area (Å²) in [5.41, 5.74) is 0.245. The van der Waals surface area contributed by atoms with Crippen LogP contribution >= 0.6 is 11.3 Å². The first-order chi connectivity index (χ1) is 13.3. The Morgan fingerprint density at radius 3 is 2.67 bits per heavy atom. The van der Waals surface area contributed by atoms with Gasteiger partial charge in [-0.25, -0.2) is 9.98 Å². The highest BCUT2D eigenvalue weighted by molar-refractivity contribution is 7.11. The predicted molar refractivity (Wildman–Crippen MR) is 113 cm³/mol. The second kappa shape index (κ2) is 10.4. The third-order valence-corrected chi connectivity index (χ3v) is 6.84. The fourth-order valence-corrected chi connectivity index (χ4v) is 4.96. The molecule has 0 unspecified atom stereocenters. The molecule has 0 amide bonds. The standard InChI is InChI=1S/C20H35N5OS/c1-3-17-14-22-18(27-17)15-23-19(21-4-2)24-16-20(8-6-5-7-9-20)25-10-12-26-13-11-25/h14H,3-13,15-16H2,1-2H3,(H2,21,23,24). The predicted octanol–water partition coefficient (Wildman–Crippen LogP) is 2.80. The van der Waals surface area contributed by atoms with Crippen LogP contribution in [0.25, 0.3) is 0 Å². The van der Waals surface area contributed by atoms with E-state index in [1.165, 1.54) is 37.0 Å². The van der Waals surface area contributed by atoms with E-state index in [2.05, 4.69) is 34.4 Å². The van der Waals surface area contributed by atoms with Gasteiger partial charge in [0.15, 0.2) is 5.96 Å². The van der Waals surface area contributed by atoms with Gasteiger partial charge in [0.2, 0.25) is 0 Å². The van der Waals surface area contributed by atoms with Crippen LogP contribution < -0.4 is 10.6 Å². The van der Waals surface area contributed by atoms with E-state index in [9.17, 15) is 0 Å². The molecule has 1 aliphatic carbocycles. The van der Waals surface area contributed by atoms with Crippen LogP contribution in [0.3, 0.4) is 0 Å². The summed E-state index contributed by atoms with van der Waals surface area (Å²) in [6.07, 6.45) is 9.58. The molecule has 0 radical (unpaired) electrons. The van der Waals surface area contributed by atoms with Crippen LogP contribution in [0.1, 0.15) is 55.8 Å². The molecule has 0 spiro atoms. The van der Waals surface area contributed by atoms with Crippen molar-refractivity contribution in [3.63, 3.8) is 0 Å². The Balaban J connectivity index is 1.63. The van der Waals surface area contributed by atoms with Crippen LogP contribution in [0.2, 0.25) is 0 Å². The average Bonchev–Trinajstić information content (AvgIpc) is 3.19. The third kappa shape index (κ3) is 5.65. The first-order valence-electron chi connectivity index (χ1n) is 10.5. The lowest BCUT2D eigenvalue weighted by Crippen LogP contribution is -2.60. The highest BCUT2D eigenvalue weighted by atomic mass is 32.1. The summed E-state index contributed by atoms with van der Waals surface area (Å²) in [6, 6.07) is 0. The largest absolute Gasteiger partial charge is 0.379 e. The lowest BCUT2D eigenvalue weighted by molar-refractivity contribution is -0.0352. The Morgan fingerprint density at radius 1 is 1.22 bits per heavy atom. The number of aryl methyl sites for hydroxylation is 1. The summed E-state index contributed by atoms with van der Waals surface area (Å²) in [4.78, 5) is 13.3. The van der Waals surface area contributed by atoms with Crippen LogP contribution in [-0.2, 0) is 17.7 Å². The quantitative estimate of drug-likeness (QED) is 0.551. The van der Waals surface area contributed by atoms with Crippen molar-refractivity contribution in [3.8, 4) is 0 Å². The molecule has 2 aliphatic rings. The summed E-state index contributed by atoms with van der Waals surface area (Å²) in [5.74, 6) is 0.906. The first-order valence-corrected chi connectivity index (χ1v) is 11.4. The maximum atomic E-state index is 5.59. The Bertz CT molecular complexity index is 591. The Morgan fingerprint density at radius 2 is 2.00 bits per heavy atom. The van der Waals surface area contributed by atoms with Gasteiger partial charge in [0.05, 0.1) is 19.8 Å². The van der Waals surface area contributed by atoms with Gasteiger partial charge in [-0.1, -0.05) is 26.2 Å². The maximum Gasteiger partial charge on any atom is 0.191 e. The summed E-state index contributed by atoms with van der Waals surface area (Å²) in [7, 11) is 0. The van der Waals surface area contributed by atoms with Crippen molar-refractivity contribution in [3.05, 3.63) is 16.1 Å². The SMILES string of the molecule is CCNC(=NCc1ncc(CC)s1)NCC1(N2CCOCC2)CCCCC1. The van der Waals surface area contributed by atoms with Crippen molar-refractivity contribution in [1.29, 1.82) is 0 Å². The van der Waals surface area contributed by atoms with Crippen molar-refractivity contribution in [2.75, 3.05) is 39.4 Å². The maximum absolute atomic E-state index is 5.59. The molecule has 3 rings (SSSR count). The second-order valence-corrected chi connectivity index (χ2v) is 8.71. The molecule has 152 valence electrons. The number of guanidine groups is 1. The van der Waals surface area contributed by atoms with Gasteiger partial charge in [-0.3, -0.25) is 4.90 Å². The van der Waals surface area contributed by atoms with Gasteiger partial charge in [-0.05, 0) is 26.2 Å². The van der Waals surface area contributed by atoms with Gasteiger partial charge in [0.25, 0.3) is 0 Å². The molecule has 0 bridgehead atoms. The molecule has 1 aromatic rings. The molecule has 0 atom stereocenters. The smallest absolute Gasteiger partial charge is 0.191 e. The molecular weight excluding hydrogens is 358 g/mol. The highest BCUT2D eigenvalue weighted by Gasteiger charge is 2.38. The van der Waals surface area contributed by atoms with Gasteiger partial charge < -0.3 is 15.4 Å². The van der Waals surface area contributed by atoms with Crippen molar-refractivity contribution >= 4 is 17.3 Å². The molecule has 2 fully saturated rings. The van der Waals surface area contributed by atoms with E-state index in [4.69, 9.17) is 9.73 Å². The van der Waals surface area contributed by atoms with Gasteiger partial charge in [0, 0.05) is 42.8 Å². The fraction of sp³-hybridized carbons (Fsp3) is 0.800. The number of rotatable bonds is 7. The normalized spacial score (nSPS) is 21.2. The number of aliphatic imine (C=N–C) groups is 1. The number of nitrogens with zero attached hydrogens (tertiary/aromatic N) is 3. The van der Waals surface area contributed by atoms with Gasteiger partial charge in [-0.2, -0.15) is 0 Å². The summed E-state index contributed by atoms with van der Waals surface area (Å²) < 4.78 is 5.59. The monoisotopic (exact) mass is 393 g/mol. The minimum absolute atomic E-state index is 0.245. The zero-order chi connectivity index (χ0) is 19.0. The minimum atomic E-state index is 0.245. The van der Waals surface area contributed by atoms with Crippen LogP contribution in [0.4, 0.5) is 0 Å². The average molecular weight is 394 g/mol. The van der Waals surface area contributed by atoms with Gasteiger partial charge in [0.1, 0.15) is 5.01 Å². The summed E-state index contributed by atoms with van der Waals surface area (Å²) in [5, 5.41) is 8.15. The van der Waals surface area contributed by atoms with Crippen molar-refractivity contribution in [2.24, 2.45) is 4.99 Å². The van der Waals surface area contributed by atoms with E-state index in [0.29, 0.717) is 6.54 Å². The summed E-state index contributed by atoms with van der Waals surface area (Å²) in [6.45, 7) is 10.6. The Kier molecular flexibility index (Phi) is 7.91. The number of hydrogen-bond donors (Lipinski definition) is 2. The van der Waals surface area contributed by atoms with Gasteiger partial charge >= 0.3 is 0 Å². The fourth-order valence-electron chi connectivity index (χ4n) is 4.17. The number of hydrogen-bond acceptors (Lipinski definition) is 5. The molecule has 27 heavy (non-hydrogen) atoms. The van der Waals surface area contributed by atoms with E-state index < -0.39 is 0 Å². The number of ether oxygens (including phenoxy) is 1. The van der Waals surface area contributed by atoms with Gasteiger partial charge in [-0.15, -0.1) is 11.3 Å². The molecule has 1 saturated heterocycles. The zero-order valence-electron chi connectivity index (χ0n) is 16.9. The van der Waals surface area contributed by atoms with Crippen molar-refractivity contribution in [1.82, 2.24) is 20.5 Å². The second-order valence-electron chi connectivity index (χ2n) is 7.51. The molecule has 1 aliphatic heterocycles. The van der Waals surface area contributed by atoms with Crippen LogP contribution in [-0.4, -0.2) is 60.8 Å². The lowest BCUT2D eigenvalue weighted by Gasteiger charge is -2.48. The third-order valence-electron chi connectivity index (χ3n) is 5.72. The molecule has 7 heteroatoms. The van der Waals surface area contributed by atoms with Crippen LogP contribution in [0.5, 0.6) is 0 Å². The van der Waals surface area contributed by atoms with E-state index in [-0.39, 0.29) is 5.54 Å². The number of aromatic nitrogens is 1. The molecule has 2 N–H and O–H groups in total. The van der Waals surface area contributed by atoms with Crippen molar-refractivity contribution < 1.29 is 4.74 Å². The van der Waals surface area contributed by atoms with E-state index in [1.807, 2.05) is 6.20 Å². The van der Waals surface area contributed by atoms with E-state index in [0.717, 1.165) is 56.8 Å². The highest BCUT2D eigenvalue weighted by Crippen LogP contribution is 2.33. The zero-order valence-corrected chi connectivity index (χ0v) is 17.7. The molecule has 6 nitrogen and oxygen atoms in total. The molecule has 0 aromatic carbocycles. The first kappa shape index (κ1) is 20.6. The summed E-state index contributed by atoms with van der Waals surface area (Å²) >= 11 is 1.77. The van der Waals surface area contributed by atoms with Crippen molar-refractivity contribution in [2.45, 2.75) is 64.5 Å². The minimum Gasteiger partial charge on any atom is -0.379 e. The van der Waals surface area contributed by atoms with E-state index >= 15 is 0 Å². The molecule has 1 aromatic heterocycles. The lowest BCUT2D eigenvalue weighted by atomic mass is 9.80. The number of nitrogens with one attached hydrogen (secondary N) is 2. The topological polar surface area (TPSA) is 61.8 Å². The molecule has 1 saturated carbocycles. The Labute approximate surface area is 167 Å². The number of morpholine rings is 1. The number of thiazole rings is 1. The van der Waals surface area contributed by atoms with E-state index in [1.54, 1.807) is 11.3 Å². The van der Waals surface area contributed by atoms with Crippen LogP contribution in [0, 0.1) is 0 Å². The van der Waals surface area contributed by atoms with Crippen LogP contribution in [0.15, 0.2) is 11.2 Å². The Hall–Kier alpha value is -1.18. The molecule has 2 heterocycles.